The van der Waals surface area contributed by atoms with Gasteiger partial charge in [0.15, 0.2) is 0 Å². The van der Waals surface area contributed by atoms with Crippen molar-refractivity contribution in [3.8, 4) is 11.5 Å². The van der Waals surface area contributed by atoms with Crippen molar-refractivity contribution in [3.63, 3.8) is 0 Å². The Morgan fingerprint density at radius 1 is 0.538 bits per heavy atom. The highest BCUT2D eigenvalue weighted by molar-refractivity contribution is 5.51. The number of benzene rings is 2. The molecule has 3 nitrogen and oxygen atoms in total. The molecule has 3 heteroatoms. The van der Waals surface area contributed by atoms with Gasteiger partial charge in [-0.3, -0.25) is 0 Å². The highest BCUT2D eigenvalue weighted by atomic mass is 16.3. The summed E-state index contributed by atoms with van der Waals surface area (Å²) in [6.45, 7) is 28.2. The van der Waals surface area contributed by atoms with E-state index >= 15 is 0 Å². The van der Waals surface area contributed by atoms with Crippen molar-refractivity contribution in [2.75, 3.05) is 0 Å². The first kappa shape index (κ1) is 31.5. The Balaban J connectivity index is 2.13. The summed E-state index contributed by atoms with van der Waals surface area (Å²) in [7, 11) is 0. The molecular weight excluding hydrogens is 478 g/mol. The number of hydrogen-bond donors (Lipinski definition) is 3. The highest BCUT2D eigenvalue weighted by Crippen LogP contribution is 2.41. The summed E-state index contributed by atoms with van der Waals surface area (Å²) in [4.78, 5) is 1.60. The third kappa shape index (κ3) is 7.60. The lowest BCUT2D eigenvalue weighted by Crippen LogP contribution is -3.13. The largest absolute Gasteiger partial charge is 0.507 e. The van der Waals surface area contributed by atoms with Crippen LogP contribution in [0, 0.1) is 0 Å². The van der Waals surface area contributed by atoms with E-state index in [1.165, 1.54) is 43.2 Å². The molecule has 2 aromatic rings. The van der Waals surface area contributed by atoms with E-state index in [2.05, 4.69) is 107 Å². The lowest BCUT2D eigenvalue weighted by Gasteiger charge is -2.34. The Hall–Kier alpha value is -2.00. The predicted molar refractivity (Wildman–Crippen MR) is 166 cm³/mol. The molecule has 0 aliphatic heterocycles. The predicted octanol–water partition coefficient (Wildman–Crippen LogP) is 8.21. The number of aromatic hydroxyl groups is 2. The molecule has 218 valence electrons. The minimum absolute atomic E-state index is 0.134. The quantitative estimate of drug-likeness (QED) is 0.360. The molecule has 0 spiro atoms. The van der Waals surface area contributed by atoms with E-state index < -0.39 is 0 Å². The lowest BCUT2D eigenvalue weighted by molar-refractivity contribution is -0.953. The van der Waals surface area contributed by atoms with Crippen LogP contribution in [0.25, 0.3) is 0 Å². The molecule has 0 unspecified atom stereocenters. The number of phenolic OH excluding ortho intramolecular Hbond substituents is 2. The van der Waals surface area contributed by atoms with Gasteiger partial charge in [-0.15, -0.1) is 0 Å². The van der Waals surface area contributed by atoms with E-state index in [1.807, 2.05) is 0 Å². The van der Waals surface area contributed by atoms with Gasteiger partial charge in [0.2, 0.25) is 0 Å². The smallest absolute Gasteiger partial charge is 0.123 e. The van der Waals surface area contributed by atoms with Crippen molar-refractivity contribution < 1.29 is 15.1 Å². The Labute approximate surface area is 240 Å². The van der Waals surface area contributed by atoms with E-state index in [-0.39, 0.29) is 21.7 Å². The van der Waals surface area contributed by atoms with Crippen LogP contribution in [0.15, 0.2) is 24.3 Å². The fraction of sp³-hybridized carbons (Fsp3) is 0.667. The molecule has 0 heterocycles. The van der Waals surface area contributed by atoms with Gasteiger partial charge in [-0.25, -0.2) is 0 Å². The van der Waals surface area contributed by atoms with Crippen LogP contribution in [0.3, 0.4) is 0 Å². The van der Waals surface area contributed by atoms with Gasteiger partial charge < -0.3 is 15.1 Å². The maximum absolute atomic E-state index is 11.3. The van der Waals surface area contributed by atoms with Crippen molar-refractivity contribution >= 4 is 0 Å². The lowest BCUT2D eigenvalue weighted by atomic mass is 9.78. The summed E-state index contributed by atoms with van der Waals surface area (Å²) >= 11 is 0. The van der Waals surface area contributed by atoms with Crippen LogP contribution in [-0.4, -0.2) is 16.3 Å². The fourth-order valence-corrected chi connectivity index (χ4v) is 6.27. The highest BCUT2D eigenvalue weighted by Gasteiger charge is 2.32. The summed E-state index contributed by atoms with van der Waals surface area (Å²) in [6, 6.07) is 9.70. The molecule has 3 rings (SSSR count). The minimum atomic E-state index is -0.134. The Morgan fingerprint density at radius 2 is 0.821 bits per heavy atom. The monoisotopic (exact) mass is 536 g/mol. The summed E-state index contributed by atoms with van der Waals surface area (Å²) in [6.07, 6.45) is 6.48. The van der Waals surface area contributed by atoms with E-state index in [0.717, 1.165) is 35.3 Å². The second-order valence-corrected chi connectivity index (χ2v) is 16.4. The Bertz CT molecular complexity index is 989. The van der Waals surface area contributed by atoms with Crippen LogP contribution < -0.4 is 4.90 Å². The van der Waals surface area contributed by atoms with Gasteiger partial charge in [-0.05, 0) is 71.6 Å². The molecule has 0 amide bonds. The number of quaternary nitrogens is 1. The first-order valence-electron chi connectivity index (χ1n) is 15.3. The molecule has 1 aliphatic carbocycles. The second kappa shape index (κ2) is 11.1. The molecule has 1 aliphatic rings. The van der Waals surface area contributed by atoms with Crippen LogP contribution in [0.5, 0.6) is 11.5 Å². The minimum Gasteiger partial charge on any atom is -0.507 e. The molecule has 39 heavy (non-hydrogen) atoms. The molecule has 1 saturated carbocycles. The molecule has 0 aromatic heterocycles. The summed E-state index contributed by atoms with van der Waals surface area (Å²) in [5.74, 6) is 0.919. The molecule has 0 radical (unpaired) electrons. The molecular formula is C36H58NO2+. The van der Waals surface area contributed by atoms with Crippen LogP contribution in [-0.2, 0) is 34.7 Å². The topological polar surface area (TPSA) is 44.9 Å². The molecule has 3 N–H and O–H groups in total. The zero-order chi connectivity index (χ0) is 29.6. The third-order valence-corrected chi connectivity index (χ3v) is 8.62. The zero-order valence-corrected chi connectivity index (χ0v) is 27.2. The Kier molecular flexibility index (Phi) is 8.98. The van der Waals surface area contributed by atoms with Crippen LogP contribution in [0.1, 0.15) is 149 Å². The van der Waals surface area contributed by atoms with Gasteiger partial charge in [-0.1, -0.05) is 89.5 Å². The van der Waals surface area contributed by atoms with E-state index in [4.69, 9.17) is 0 Å². The van der Waals surface area contributed by atoms with Crippen LogP contribution in [0.4, 0.5) is 0 Å². The van der Waals surface area contributed by atoms with E-state index in [9.17, 15) is 10.2 Å². The average molecular weight is 537 g/mol. The Morgan fingerprint density at radius 3 is 1.08 bits per heavy atom. The fourth-order valence-electron chi connectivity index (χ4n) is 6.27. The summed E-state index contributed by atoms with van der Waals surface area (Å²) in [5.41, 5.74) is 6.27. The maximum atomic E-state index is 11.3. The first-order valence-corrected chi connectivity index (χ1v) is 15.3. The number of nitrogens with one attached hydrogen (secondary N) is 1. The van der Waals surface area contributed by atoms with Crippen molar-refractivity contribution in [2.45, 2.75) is 156 Å². The van der Waals surface area contributed by atoms with Gasteiger partial charge in [-0.2, -0.15) is 0 Å². The molecule has 2 aromatic carbocycles. The third-order valence-electron chi connectivity index (χ3n) is 8.62. The van der Waals surface area contributed by atoms with Gasteiger partial charge in [0, 0.05) is 33.4 Å². The van der Waals surface area contributed by atoms with Gasteiger partial charge >= 0.3 is 0 Å². The zero-order valence-electron chi connectivity index (χ0n) is 27.2. The van der Waals surface area contributed by atoms with Gasteiger partial charge in [0.25, 0.3) is 0 Å². The van der Waals surface area contributed by atoms with Crippen molar-refractivity contribution in [2.24, 2.45) is 0 Å². The summed E-state index contributed by atoms with van der Waals surface area (Å²) < 4.78 is 0. The van der Waals surface area contributed by atoms with Crippen molar-refractivity contribution in [1.29, 1.82) is 0 Å². The second-order valence-electron chi connectivity index (χ2n) is 16.4. The number of hydrogen-bond acceptors (Lipinski definition) is 2. The molecule has 0 saturated heterocycles. The number of rotatable bonds is 5. The van der Waals surface area contributed by atoms with Crippen LogP contribution in [0.2, 0.25) is 0 Å². The first-order chi connectivity index (χ1) is 17.7. The van der Waals surface area contributed by atoms with E-state index in [0.29, 0.717) is 17.5 Å². The molecule has 0 bridgehead atoms. The van der Waals surface area contributed by atoms with Gasteiger partial charge in [0.1, 0.15) is 24.6 Å². The van der Waals surface area contributed by atoms with Crippen molar-refractivity contribution in [1.82, 2.24) is 0 Å². The SMILES string of the molecule is CC(C)(C)c1cc(C[NH+](Cc2cc(C(C)(C)C)c(O)c(C(C)(C)C)c2)C2CCCCC2)cc(C(C)(C)C)c1O. The van der Waals surface area contributed by atoms with Crippen molar-refractivity contribution in [3.05, 3.63) is 57.6 Å². The average Bonchev–Trinajstić information content (AvgIpc) is 2.78. The van der Waals surface area contributed by atoms with E-state index in [1.54, 1.807) is 4.90 Å². The standard InChI is InChI=1S/C36H57NO2/c1-33(2,3)27-18-24(19-28(31(27)38)34(4,5)6)22-37(26-16-14-13-15-17-26)23-25-20-29(35(7,8)9)32(39)30(21-25)36(10,11)12/h18-21,26,38-39H,13-17,22-23H2,1-12H3/p+1. The van der Waals surface area contributed by atoms with Gasteiger partial charge in [0.05, 0.1) is 6.04 Å². The summed E-state index contributed by atoms with van der Waals surface area (Å²) in [5, 5.41) is 22.6. The molecule has 1 fully saturated rings. The maximum Gasteiger partial charge on any atom is 0.123 e. The normalized spacial score (nSPS) is 16.2. The van der Waals surface area contributed by atoms with Crippen LogP contribution >= 0.6 is 0 Å². The molecule has 0 atom stereocenters. The number of phenols is 2.